The van der Waals surface area contributed by atoms with Crippen molar-refractivity contribution in [2.45, 2.75) is 39.2 Å². The Bertz CT molecular complexity index is 1380. The second kappa shape index (κ2) is 13.3. The maximum absolute atomic E-state index is 12.4. The van der Waals surface area contributed by atoms with Crippen LogP contribution in [0.4, 0.5) is 5.69 Å². The molecule has 0 bridgehead atoms. The van der Waals surface area contributed by atoms with Gasteiger partial charge in [-0.25, -0.2) is 14.6 Å². The summed E-state index contributed by atoms with van der Waals surface area (Å²) in [5.41, 5.74) is 3.31. The Labute approximate surface area is 227 Å². The molecule has 0 fully saturated rings. The van der Waals surface area contributed by atoms with Crippen molar-refractivity contribution >= 4 is 17.6 Å². The zero-order chi connectivity index (χ0) is 27.6. The van der Waals surface area contributed by atoms with Gasteiger partial charge in [-0.15, -0.1) is 0 Å². The van der Waals surface area contributed by atoms with E-state index in [9.17, 15) is 14.7 Å². The molecule has 2 N–H and O–H groups in total. The average Bonchev–Trinajstić information content (AvgIpc) is 3.33. The van der Waals surface area contributed by atoms with E-state index in [1.807, 2.05) is 68.4 Å². The van der Waals surface area contributed by atoms with Crippen LogP contribution >= 0.6 is 0 Å². The Balaban J connectivity index is 1.33. The van der Waals surface area contributed by atoms with Gasteiger partial charge in [0.05, 0.1) is 24.5 Å². The SMILES string of the molecule is CCCOC(=O)c1ccccc1N[C@@H](Cc1ccc(OCCc2nc(-c3ccccc3)oc2C)cc1)C(=O)O. The number of carboxylic acid groups (broad SMARTS) is 1. The molecular weight excluding hydrogens is 496 g/mol. The predicted octanol–water partition coefficient (Wildman–Crippen LogP) is 5.95. The van der Waals surface area contributed by atoms with Gasteiger partial charge in [-0.3, -0.25) is 0 Å². The summed E-state index contributed by atoms with van der Waals surface area (Å²) in [6.07, 6.45) is 1.51. The number of rotatable bonds is 13. The molecule has 1 aromatic heterocycles. The molecule has 0 aliphatic carbocycles. The fourth-order valence-electron chi connectivity index (χ4n) is 4.03. The summed E-state index contributed by atoms with van der Waals surface area (Å²) in [4.78, 5) is 29.0. The number of aromatic nitrogens is 1. The molecule has 0 radical (unpaired) electrons. The van der Waals surface area contributed by atoms with Crippen molar-refractivity contribution in [1.29, 1.82) is 0 Å². The van der Waals surface area contributed by atoms with E-state index in [0.29, 0.717) is 48.9 Å². The summed E-state index contributed by atoms with van der Waals surface area (Å²) in [5, 5.41) is 12.8. The van der Waals surface area contributed by atoms with Crippen molar-refractivity contribution in [3.63, 3.8) is 0 Å². The molecule has 202 valence electrons. The first kappa shape index (κ1) is 27.4. The zero-order valence-electron chi connectivity index (χ0n) is 22.1. The largest absolute Gasteiger partial charge is 0.493 e. The Morgan fingerprint density at radius 3 is 2.41 bits per heavy atom. The molecule has 0 amide bonds. The van der Waals surface area contributed by atoms with E-state index in [-0.39, 0.29) is 6.42 Å². The monoisotopic (exact) mass is 528 g/mol. The highest BCUT2D eigenvalue weighted by atomic mass is 16.5. The summed E-state index contributed by atoms with van der Waals surface area (Å²) < 4.78 is 16.9. The summed E-state index contributed by atoms with van der Waals surface area (Å²) in [6, 6.07) is 22.9. The lowest BCUT2D eigenvalue weighted by Crippen LogP contribution is -2.32. The van der Waals surface area contributed by atoms with Crippen LogP contribution in [0.5, 0.6) is 5.75 Å². The molecule has 4 rings (SSSR count). The van der Waals surface area contributed by atoms with Crippen LogP contribution in [0.1, 0.15) is 40.7 Å². The molecule has 0 aliphatic heterocycles. The number of esters is 1. The Hall–Kier alpha value is -4.59. The van der Waals surface area contributed by atoms with Gasteiger partial charge >= 0.3 is 11.9 Å². The molecule has 0 aliphatic rings. The number of nitrogens with zero attached hydrogens (tertiary/aromatic N) is 1. The van der Waals surface area contributed by atoms with Crippen LogP contribution in [-0.2, 0) is 22.4 Å². The quantitative estimate of drug-likeness (QED) is 0.205. The molecule has 0 spiro atoms. The Morgan fingerprint density at radius 2 is 1.69 bits per heavy atom. The van der Waals surface area contributed by atoms with Crippen LogP contribution in [0, 0.1) is 6.92 Å². The van der Waals surface area contributed by atoms with Crippen molar-refractivity contribution in [3.8, 4) is 17.2 Å². The van der Waals surface area contributed by atoms with Crippen molar-refractivity contribution in [3.05, 3.63) is 101 Å². The number of nitrogens with one attached hydrogen (secondary N) is 1. The number of para-hydroxylation sites is 1. The van der Waals surface area contributed by atoms with Crippen LogP contribution in [0.3, 0.4) is 0 Å². The average molecular weight is 529 g/mol. The minimum atomic E-state index is -1.02. The van der Waals surface area contributed by atoms with Crippen molar-refractivity contribution in [1.82, 2.24) is 4.98 Å². The minimum absolute atomic E-state index is 0.217. The first-order valence-electron chi connectivity index (χ1n) is 12.9. The van der Waals surface area contributed by atoms with Gasteiger partial charge in [-0.05, 0) is 55.3 Å². The van der Waals surface area contributed by atoms with Crippen LogP contribution in [0.15, 0.2) is 83.3 Å². The van der Waals surface area contributed by atoms with Gasteiger partial charge in [0, 0.05) is 24.1 Å². The lowest BCUT2D eigenvalue weighted by atomic mass is 10.0. The minimum Gasteiger partial charge on any atom is -0.493 e. The number of hydrogen-bond acceptors (Lipinski definition) is 7. The van der Waals surface area contributed by atoms with Gasteiger partial charge in [0.1, 0.15) is 17.6 Å². The fourth-order valence-corrected chi connectivity index (χ4v) is 4.03. The van der Waals surface area contributed by atoms with Gasteiger partial charge < -0.3 is 24.3 Å². The smallest absolute Gasteiger partial charge is 0.340 e. The number of ether oxygens (including phenoxy) is 2. The molecule has 39 heavy (non-hydrogen) atoms. The first-order chi connectivity index (χ1) is 18.9. The van der Waals surface area contributed by atoms with Gasteiger partial charge in [0.25, 0.3) is 0 Å². The van der Waals surface area contributed by atoms with E-state index in [0.717, 1.165) is 22.6 Å². The summed E-state index contributed by atoms with van der Waals surface area (Å²) in [6.45, 7) is 4.53. The van der Waals surface area contributed by atoms with Crippen LogP contribution in [0.25, 0.3) is 11.5 Å². The van der Waals surface area contributed by atoms with Crippen molar-refractivity contribution in [2.75, 3.05) is 18.5 Å². The van der Waals surface area contributed by atoms with Crippen LogP contribution in [0.2, 0.25) is 0 Å². The molecular formula is C31H32N2O6. The highest BCUT2D eigenvalue weighted by Gasteiger charge is 2.21. The van der Waals surface area contributed by atoms with E-state index in [1.165, 1.54) is 0 Å². The Morgan fingerprint density at radius 1 is 0.974 bits per heavy atom. The lowest BCUT2D eigenvalue weighted by molar-refractivity contribution is -0.137. The fraction of sp³-hybridized carbons (Fsp3) is 0.258. The number of anilines is 1. The number of hydrogen-bond donors (Lipinski definition) is 2. The third kappa shape index (κ3) is 7.47. The predicted molar refractivity (Wildman–Crippen MR) is 148 cm³/mol. The van der Waals surface area contributed by atoms with E-state index in [2.05, 4.69) is 10.3 Å². The van der Waals surface area contributed by atoms with Gasteiger partial charge in [-0.1, -0.05) is 49.4 Å². The number of benzene rings is 3. The highest BCUT2D eigenvalue weighted by molar-refractivity contribution is 5.96. The van der Waals surface area contributed by atoms with E-state index >= 15 is 0 Å². The third-order valence-corrected chi connectivity index (χ3v) is 6.10. The van der Waals surface area contributed by atoms with E-state index < -0.39 is 18.0 Å². The van der Waals surface area contributed by atoms with Crippen LogP contribution < -0.4 is 10.1 Å². The second-order valence-corrected chi connectivity index (χ2v) is 9.05. The van der Waals surface area contributed by atoms with Crippen molar-refractivity contribution in [2.24, 2.45) is 0 Å². The van der Waals surface area contributed by atoms with E-state index in [4.69, 9.17) is 13.9 Å². The maximum Gasteiger partial charge on any atom is 0.340 e. The van der Waals surface area contributed by atoms with Gasteiger partial charge in [0.2, 0.25) is 5.89 Å². The number of carbonyl (C=O) groups is 2. The number of aryl methyl sites for hydroxylation is 1. The summed E-state index contributed by atoms with van der Waals surface area (Å²) >= 11 is 0. The van der Waals surface area contributed by atoms with Gasteiger partial charge in [0.15, 0.2) is 0 Å². The first-order valence-corrected chi connectivity index (χ1v) is 12.9. The number of carbonyl (C=O) groups excluding carboxylic acids is 1. The number of aliphatic carboxylic acids is 1. The topological polar surface area (TPSA) is 111 Å². The summed E-state index contributed by atoms with van der Waals surface area (Å²) in [5.74, 6) is 0.523. The molecule has 0 saturated carbocycles. The third-order valence-electron chi connectivity index (χ3n) is 6.10. The number of carboxylic acids is 1. The van der Waals surface area contributed by atoms with Crippen LogP contribution in [-0.4, -0.2) is 41.3 Å². The Kier molecular flexibility index (Phi) is 9.34. The molecule has 8 nitrogen and oxygen atoms in total. The highest BCUT2D eigenvalue weighted by Crippen LogP contribution is 2.23. The normalized spacial score (nSPS) is 11.5. The maximum atomic E-state index is 12.4. The molecule has 1 heterocycles. The lowest BCUT2D eigenvalue weighted by Gasteiger charge is -2.18. The molecule has 1 atom stereocenters. The molecule has 0 saturated heterocycles. The molecule has 8 heteroatoms. The zero-order valence-corrected chi connectivity index (χ0v) is 22.1. The van der Waals surface area contributed by atoms with Gasteiger partial charge in [-0.2, -0.15) is 0 Å². The van der Waals surface area contributed by atoms with E-state index in [1.54, 1.807) is 24.3 Å². The standard InChI is InChI=1S/C31H32N2O6/c1-3-18-38-31(36)25-11-7-8-12-27(25)32-28(30(34)35)20-22-13-15-24(16-14-22)37-19-17-26-21(2)39-29(33-26)23-9-5-4-6-10-23/h4-16,28,32H,3,17-20H2,1-2H3,(H,34,35)/t28-/m0/s1. The van der Waals surface area contributed by atoms with Crippen molar-refractivity contribution < 1.29 is 28.6 Å². The molecule has 3 aromatic carbocycles. The molecule has 4 aromatic rings. The number of oxazole rings is 1. The molecule has 0 unspecified atom stereocenters. The second-order valence-electron chi connectivity index (χ2n) is 9.05. The summed E-state index contributed by atoms with van der Waals surface area (Å²) in [7, 11) is 0.